The molecular formula is C17H16ClN3OS. The minimum atomic E-state index is 0.563. The third-order valence-corrected chi connectivity index (χ3v) is 4.29. The van der Waals surface area contributed by atoms with Gasteiger partial charge < -0.3 is 10.1 Å². The van der Waals surface area contributed by atoms with Crippen molar-refractivity contribution in [3.63, 3.8) is 0 Å². The lowest BCUT2D eigenvalue weighted by atomic mass is 10.3. The SMILES string of the molecule is Clc1ncc(CNc2cccc(OCCc3ccccn3)c2)s1. The van der Waals surface area contributed by atoms with Crippen LogP contribution in [0.5, 0.6) is 5.75 Å². The Labute approximate surface area is 144 Å². The number of benzene rings is 1. The molecule has 0 aliphatic heterocycles. The van der Waals surface area contributed by atoms with E-state index in [1.807, 2.05) is 42.5 Å². The molecule has 118 valence electrons. The van der Waals surface area contributed by atoms with Gasteiger partial charge in [0, 0.05) is 41.1 Å². The molecule has 0 atom stereocenters. The standard InChI is InChI=1S/C17H16ClN3OS/c18-17-21-12-16(23-17)11-20-14-5-3-6-15(10-14)22-9-7-13-4-1-2-8-19-13/h1-6,8,10,12,20H,7,9,11H2. The largest absolute Gasteiger partial charge is 0.493 e. The van der Waals surface area contributed by atoms with Crippen molar-refractivity contribution >= 4 is 28.6 Å². The molecule has 0 unspecified atom stereocenters. The van der Waals surface area contributed by atoms with Crippen LogP contribution in [-0.2, 0) is 13.0 Å². The number of hydrogen-bond donors (Lipinski definition) is 1. The molecule has 3 rings (SSSR count). The number of nitrogens with zero attached hydrogens (tertiary/aromatic N) is 2. The van der Waals surface area contributed by atoms with Crippen LogP contribution in [-0.4, -0.2) is 16.6 Å². The van der Waals surface area contributed by atoms with Gasteiger partial charge in [0.25, 0.3) is 0 Å². The first-order valence-electron chi connectivity index (χ1n) is 7.26. The maximum Gasteiger partial charge on any atom is 0.183 e. The summed E-state index contributed by atoms with van der Waals surface area (Å²) < 4.78 is 6.36. The van der Waals surface area contributed by atoms with Gasteiger partial charge >= 0.3 is 0 Å². The number of nitrogens with one attached hydrogen (secondary N) is 1. The number of anilines is 1. The molecule has 0 saturated carbocycles. The van der Waals surface area contributed by atoms with Crippen LogP contribution < -0.4 is 10.1 Å². The van der Waals surface area contributed by atoms with Crippen LogP contribution in [0, 0.1) is 0 Å². The highest BCUT2D eigenvalue weighted by Gasteiger charge is 2.01. The Kier molecular flexibility index (Phi) is 5.45. The first-order chi connectivity index (χ1) is 11.3. The van der Waals surface area contributed by atoms with E-state index in [4.69, 9.17) is 16.3 Å². The number of pyridine rings is 1. The van der Waals surface area contributed by atoms with Crippen molar-refractivity contribution in [2.45, 2.75) is 13.0 Å². The van der Waals surface area contributed by atoms with Crippen LogP contribution in [0.1, 0.15) is 10.6 Å². The van der Waals surface area contributed by atoms with Crippen LogP contribution in [0.3, 0.4) is 0 Å². The highest BCUT2D eigenvalue weighted by molar-refractivity contribution is 7.15. The highest BCUT2D eigenvalue weighted by atomic mass is 35.5. The Hall–Kier alpha value is -2.11. The van der Waals surface area contributed by atoms with Crippen LogP contribution in [0.4, 0.5) is 5.69 Å². The van der Waals surface area contributed by atoms with Gasteiger partial charge in [0.05, 0.1) is 13.2 Å². The zero-order valence-electron chi connectivity index (χ0n) is 12.4. The molecule has 0 bridgehead atoms. The summed E-state index contributed by atoms with van der Waals surface area (Å²) in [4.78, 5) is 9.41. The summed E-state index contributed by atoms with van der Waals surface area (Å²) in [6.45, 7) is 1.30. The normalized spacial score (nSPS) is 10.5. The fourth-order valence-electron chi connectivity index (χ4n) is 2.07. The lowest BCUT2D eigenvalue weighted by Gasteiger charge is -2.09. The summed E-state index contributed by atoms with van der Waals surface area (Å²) in [5.74, 6) is 0.841. The van der Waals surface area contributed by atoms with Gasteiger partial charge in [-0.2, -0.15) is 0 Å². The first-order valence-corrected chi connectivity index (χ1v) is 8.46. The molecule has 1 N–H and O–H groups in total. The molecule has 0 radical (unpaired) electrons. The maximum atomic E-state index is 5.83. The smallest absolute Gasteiger partial charge is 0.183 e. The monoisotopic (exact) mass is 345 g/mol. The Morgan fingerprint density at radius 3 is 2.87 bits per heavy atom. The lowest BCUT2D eigenvalue weighted by molar-refractivity contribution is 0.320. The second kappa shape index (κ2) is 7.94. The molecule has 0 fully saturated rings. The van der Waals surface area contributed by atoms with Gasteiger partial charge in [0.1, 0.15) is 5.75 Å². The van der Waals surface area contributed by atoms with E-state index in [0.717, 1.165) is 28.4 Å². The average molecular weight is 346 g/mol. The second-order valence-corrected chi connectivity index (χ2v) is 6.58. The molecule has 0 spiro atoms. The summed E-state index contributed by atoms with van der Waals surface area (Å²) in [5.41, 5.74) is 2.04. The number of halogens is 1. The molecule has 1 aromatic carbocycles. The number of thiazole rings is 1. The maximum absolute atomic E-state index is 5.83. The number of aromatic nitrogens is 2. The second-order valence-electron chi connectivity index (χ2n) is 4.88. The van der Waals surface area contributed by atoms with E-state index in [1.165, 1.54) is 11.3 Å². The molecule has 0 saturated heterocycles. The van der Waals surface area contributed by atoms with E-state index in [-0.39, 0.29) is 0 Å². The van der Waals surface area contributed by atoms with E-state index >= 15 is 0 Å². The Balaban J connectivity index is 1.50. The predicted octanol–water partition coefficient (Wildman–Crippen LogP) is 4.43. The van der Waals surface area contributed by atoms with Crippen molar-refractivity contribution in [2.24, 2.45) is 0 Å². The summed E-state index contributed by atoms with van der Waals surface area (Å²) in [6, 6.07) is 13.8. The Bertz CT molecular complexity index is 748. The lowest BCUT2D eigenvalue weighted by Crippen LogP contribution is -2.03. The van der Waals surface area contributed by atoms with Gasteiger partial charge in [-0.3, -0.25) is 4.98 Å². The van der Waals surface area contributed by atoms with Crippen LogP contribution in [0.25, 0.3) is 0 Å². The Morgan fingerprint density at radius 1 is 1.13 bits per heavy atom. The van der Waals surface area contributed by atoms with Gasteiger partial charge in [0.2, 0.25) is 0 Å². The summed E-state index contributed by atoms with van der Waals surface area (Å²) in [7, 11) is 0. The molecule has 2 heterocycles. The van der Waals surface area contributed by atoms with E-state index in [1.54, 1.807) is 12.4 Å². The van der Waals surface area contributed by atoms with E-state index < -0.39 is 0 Å². The zero-order chi connectivity index (χ0) is 15.9. The third kappa shape index (κ3) is 4.94. The zero-order valence-corrected chi connectivity index (χ0v) is 14.0. The first kappa shape index (κ1) is 15.8. The summed E-state index contributed by atoms with van der Waals surface area (Å²) in [6.07, 6.45) is 4.37. The molecule has 0 aliphatic rings. The van der Waals surface area contributed by atoms with Crippen molar-refractivity contribution < 1.29 is 4.74 Å². The van der Waals surface area contributed by atoms with E-state index in [2.05, 4.69) is 15.3 Å². The number of ether oxygens (including phenoxy) is 1. The molecular weight excluding hydrogens is 330 g/mol. The van der Waals surface area contributed by atoms with Gasteiger partial charge in [0.15, 0.2) is 4.47 Å². The summed E-state index contributed by atoms with van der Waals surface area (Å²) >= 11 is 7.31. The van der Waals surface area contributed by atoms with Gasteiger partial charge in [-0.05, 0) is 24.3 Å². The van der Waals surface area contributed by atoms with Crippen molar-refractivity contribution in [3.05, 3.63) is 69.9 Å². The fourth-order valence-corrected chi connectivity index (χ4v) is 2.99. The molecule has 3 aromatic rings. The Morgan fingerprint density at radius 2 is 2.09 bits per heavy atom. The van der Waals surface area contributed by atoms with Crippen LogP contribution in [0.15, 0.2) is 54.9 Å². The van der Waals surface area contributed by atoms with Crippen molar-refractivity contribution in [1.82, 2.24) is 9.97 Å². The summed E-state index contributed by atoms with van der Waals surface area (Å²) in [5, 5.41) is 3.34. The topological polar surface area (TPSA) is 47.0 Å². The minimum absolute atomic E-state index is 0.563. The van der Waals surface area contributed by atoms with Gasteiger partial charge in [-0.1, -0.05) is 23.7 Å². The van der Waals surface area contributed by atoms with E-state index in [0.29, 0.717) is 17.6 Å². The van der Waals surface area contributed by atoms with Gasteiger partial charge in [-0.15, -0.1) is 11.3 Å². The molecule has 6 heteroatoms. The quantitative estimate of drug-likeness (QED) is 0.688. The van der Waals surface area contributed by atoms with Crippen molar-refractivity contribution in [3.8, 4) is 5.75 Å². The van der Waals surface area contributed by atoms with Gasteiger partial charge in [-0.25, -0.2) is 4.98 Å². The predicted molar refractivity (Wildman–Crippen MR) is 94.3 cm³/mol. The average Bonchev–Trinajstić information content (AvgIpc) is 3.00. The fraction of sp³-hybridized carbons (Fsp3) is 0.176. The minimum Gasteiger partial charge on any atom is -0.493 e. The number of rotatable bonds is 7. The van der Waals surface area contributed by atoms with Crippen molar-refractivity contribution in [1.29, 1.82) is 0 Å². The highest BCUT2D eigenvalue weighted by Crippen LogP contribution is 2.21. The number of hydrogen-bond acceptors (Lipinski definition) is 5. The molecule has 23 heavy (non-hydrogen) atoms. The van der Waals surface area contributed by atoms with Crippen LogP contribution >= 0.6 is 22.9 Å². The molecule has 0 amide bonds. The van der Waals surface area contributed by atoms with Crippen molar-refractivity contribution in [2.75, 3.05) is 11.9 Å². The molecule has 4 nitrogen and oxygen atoms in total. The molecule has 2 aromatic heterocycles. The molecule has 0 aliphatic carbocycles. The third-order valence-electron chi connectivity index (χ3n) is 3.18. The van der Waals surface area contributed by atoms with Crippen LogP contribution in [0.2, 0.25) is 4.47 Å². The van der Waals surface area contributed by atoms with E-state index in [9.17, 15) is 0 Å².